The summed E-state index contributed by atoms with van der Waals surface area (Å²) in [4.78, 5) is 0. The Bertz CT molecular complexity index is 651. The molecule has 0 radical (unpaired) electrons. The molecule has 0 N–H and O–H groups in total. The molecule has 2 aliphatic carbocycles. The molecule has 3 rings (SSSR count). The van der Waals surface area contributed by atoms with E-state index < -0.39 is 0 Å². The third-order valence-corrected chi connectivity index (χ3v) is 7.35. The molecule has 0 aromatic heterocycles. The fourth-order valence-corrected chi connectivity index (χ4v) is 5.18. The highest BCUT2D eigenvalue weighted by molar-refractivity contribution is 5.42. The Kier molecular flexibility index (Phi) is 9.90. The lowest BCUT2D eigenvalue weighted by molar-refractivity contribution is 0.296. The van der Waals surface area contributed by atoms with Gasteiger partial charge in [0.25, 0.3) is 0 Å². The highest BCUT2D eigenvalue weighted by Gasteiger charge is 2.20. The van der Waals surface area contributed by atoms with Gasteiger partial charge in [0.05, 0.1) is 0 Å². The number of benzene rings is 1. The van der Waals surface area contributed by atoms with Crippen molar-refractivity contribution in [2.75, 3.05) is 0 Å². The second-order valence-corrected chi connectivity index (χ2v) is 9.84. The van der Waals surface area contributed by atoms with Crippen LogP contribution in [0.1, 0.15) is 115 Å². The van der Waals surface area contributed by atoms with Crippen LogP contribution in [0.25, 0.3) is 0 Å². The average molecular weight is 403 g/mol. The molecule has 0 nitrogen and oxygen atoms in total. The zero-order chi connectivity index (χ0) is 21.0. The van der Waals surface area contributed by atoms with Crippen molar-refractivity contribution in [2.24, 2.45) is 23.7 Å². The normalized spacial score (nSPS) is 26.2. The molecule has 2 fully saturated rings. The fourth-order valence-electron chi connectivity index (χ4n) is 5.18. The maximum absolute atomic E-state index is 3.55. The second-order valence-electron chi connectivity index (χ2n) is 9.84. The third-order valence-electron chi connectivity index (χ3n) is 7.35. The van der Waals surface area contributed by atoms with E-state index in [4.69, 9.17) is 0 Å². The van der Waals surface area contributed by atoms with Crippen LogP contribution in [0.4, 0.5) is 0 Å². The quantitative estimate of drug-likeness (QED) is 0.419. The summed E-state index contributed by atoms with van der Waals surface area (Å²) in [6.07, 6.45) is 19.0. The summed E-state index contributed by atoms with van der Waals surface area (Å²) >= 11 is 0. The van der Waals surface area contributed by atoms with Crippen LogP contribution in [0.3, 0.4) is 0 Å². The molecule has 162 valence electrons. The van der Waals surface area contributed by atoms with Gasteiger partial charge in [-0.2, -0.15) is 0 Å². The minimum atomic E-state index is 0.606. The van der Waals surface area contributed by atoms with E-state index in [2.05, 4.69) is 61.8 Å². The molecule has 30 heavy (non-hydrogen) atoms. The van der Waals surface area contributed by atoms with Crippen molar-refractivity contribution in [1.29, 1.82) is 0 Å². The molecule has 0 aliphatic heterocycles. The first kappa shape index (κ1) is 23.0. The Morgan fingerprint density at radius 1 is 0.600 bits per heavy atom. The third kappa shape index (κ3) is 7.88. The topological polar surface area (TPSA) is 0 Å². The largest absolute Gasteiger partial charge is 0.0945 e. The van der Waals surface area contributed by atoms with E-state index in [1.807, 2.05) is 0 Å². The Labute approximate surface area is 186 Å². The summed E-state index contributed by atoms with van der Waals surface area (Å²) in [5.74, 6) is 17.1. The van der Waals surface area contributed by atoms with Gasteiger partial charge in [-0.25, -0.2) is 0 Å². The van der Waals surface area contributed by atoms with E-state index >= 15 is 0 Å². The minimum absolute atomic E-state index is 0.606. The van der Waals surface area contributed by atoms with Crippen LogP contribution in [-0.4, -0.2) is 0 Å². The lowest BCUT2D eigenvalue weighted by Gasteiger charge is -2.25. The lowest BCUT2D eigenvalue weighted by atomic mass is 9.80. The summed E-state index contributed by atoms with van der Waals surface area (Å²) < 4.78 is 0. The maximum Gasteiger partial charge on any atom is 0.0246 e. The van der Waals surface area contributed by atoms with Crippen molar-refractivity contribution in [1.82, 2.24) is 0 Å². The fraction of sp³-hybridized carbons (Fsp3) is 0.667. The van der Waals surface area contributed by atoms with E-state index in [-0.39, 0.29) is 0 Å². The lowest BCUT2D eigenvalue weighted by Crippen LogP contribution is -2.13. The molecular formula is C30H42. The van der Waals surface area contributed by atoms with Crippen LogP contribution < -0.4 is 0 Å². The first-order chi connectivity index (χ1) is 14.8. The maximum atomic E-state index is 3.55. The molecule has 0 bridgehead atoms. The predicted octanol–water partition coefficient (Wildman–Crippen LogP) is 8.38. The van der Waals surface area contributed by atoms with Gasteiger partial charge in [0, 0.05) is 23.0 Å². The van der Waals surface area contributed by atoms with Crippen LogP contribution in [0.5, 0.6) is 0 Å². The predicted molar refractivity (Wildman–Crippen MR) is 130 cm³/mol. The molecular weight excluding hydrogens is 360 g/mol. The standard InChI is InChI=1S/C30H42/c1-3-5-7-25-9-13-27(14-10-25)17-19-29-21-23-30(24-22-29)20-18-28-15-11-26(12-16-28)8-6-4-2/h21-28H,3-16H2,1-2H3. The molecule has 1 aromatic rings. The first-order valence-electron chi connectivity index (χ1n) is 12.9. The van der Waals surface area contributed by atoms with E-state index in [1.54, 1.807) is 0 Å². The van der Waals surface area contributed by atoms with Crippen LogP contribution in [0.2, 0.25) is 0 Å². The average Bonchev–Trinajstić information content (AvgIpc) is 2.80. The zero-order valence-electron chi connectivity index (χ0n) is 19.5. The van der Waals surface area contributed by atoms with Gasteiger partial charge >= 0.3 is 0 Å². The van der Waals surface area contributed by atoms with Crippen molar-refractivity contribution in [3.63, 3.8) is 0 Å². The highest BCUT2D eigenvalue weighted by Crippen LogP contribution is 2.32. The summed E-state index contributed by atoms with van der Waals surface area (Å²) in [5.41, 5.74) is 2.29. The molecule has 0 unspecified atom stereocenters. The van der Waals surface area contributed by atoms with Crippen LogP contribution >= 0.6 is 0 Å². The van der Waals surface area contributed by atoms with Crippen molar-refractivity contribution in [3.8, 4) is 23.7 Å². The molecule has 0 atom stereocenters. The molecule has 0 amide bonds. The van der Waals surface area contributed by atoms with Crippen molar-refractivity contribution >= 4 is 0 Å². The van der Waals surface area contributed by atoms with Crippen molar-refractivity contribution in [2.45, 2.75) is 104 Å². The molecule has 2 aliphatic rings. The molecule has 0 saturated heterocycles. The second kappa shape index (κ2) is 12.9. The number of unbranched alkanes of at least 4 members (excludes halogenated alkanes) is 2. The van der Waals surface area contributed by atoms with Gasteiger partial charge in [-0.15, -0.1) is 0 Å². The van der Waals surface area contributed by atoms with Gasteiger partial charge in [-0.3, -0.25) is 0 Å². The number of hydrogen-bond donors (Lipinski definition) is 0. The molecule has 0 heteroatoms. The summed E-state index contributed by atoms with van der Waals surface area (Å²) in [6.45, 7) is 4.60. The van der Waals surface area contributed by atoms with Gasteiger partial charge in [0.2, 0.25) is 0 Å². The van der Waals surface area contributed by atoms with Gasteiger partial charge in [0.1, 0.15) is 0 Å². The Morgan fingerprint density at radius 2 is 0.967 bits per heavy atom. The van der Waals surface area contributed by atoms with E-state index in [1.165, 1.54) is 89.9 Å². The Balaban J connectivity index is 1.42. The first-order valence-corrected chi connectivity index (χ1v) is 12.9. The summed E-state index contributed by atoms with van der Waals surface area (Å²) in [5, 5.41) is 0. The van der Waals surface area contributed by atoms with Gasteiger partial charge in [0.15, 0.2) is 0 Å². The summed E-state index contributed by atoms with van der Waals surface area (Å²) in [7, 11) is 0. The van der Waals surface area contributed by atoms with Gasteiger partial charge in [-0.05, 0) is 87.5 Å². The molecule has 0 heterocycles. The SMILES string of the molecule is CCCCC1CCC(C#Cc2ccc(C#CC3CCC(CCCC)CC3)cc2)CC1. The zero-order valence-corrected chi connectivity index (χ0v) is 19.5. The van der Waals surface area contributed by atoms with E-state index in [0.29, 0.717) is 11.8 Å². The monoisotopic (exact) mass is 402 g/mol. The molecule has 0 spiro atoms. The highest BCUT2D eigenvalue weighted by atomic mass is 14.2. The van der Waals surface area contributed by atoms with Gasteiger partial charge in [-0.1, -0.05) is 76.1 Å². The number of hydrogen-bond acceptors (Lipinski definition) is 0. The Morgan fingerprint density at radius 3 is 1.30 bits per heavy atom. The van der Waals surface area contributed by atoms with Crippen molar-refractivity contribution < 1.29 is 0 Å². The minimum Gasteiger partial charge on any atom is -0.0945 e. The van der Waals surface area contributed by atoms with Crippen molar-refractivity contribution in [3.05, 3.63) is 35.4 Å². The van der Waals surface area contributed by atoms with Crippen LogP contribution in [0.15, 0.2) is 24.3 Å². The summed E-state index contributed by atoms with van der Waals surface area (Å²) in [6, 6.07) is 8.63. The molecule has 1 aromatic carbocycles. The smallest absolute Gasteiger partial charge is 0.0246 e. The van der Waals surface area contributed by atoms with E-state index in [9.17, 15) is 0 Å². The van der Waals surface area contributed by atoms with Gasteiger partial charge < -0.3 is 0 Å². The van der Waals surface area contributed by atoms with Crippen LogP contribution in [0, 0.1) is 47.4 Å². The van der Waals surface area contributed by atoms with Crippen LogP contribution in [-0.2, 0) is 0 Å². The Hall–Kier alpha value is -1.66. The van der Waals surface area contributed by atoms with E-state index in [0.717, 1.165) is 23.0 Å². The number of rotatable bonds is 6. The molecule has 2 saturated carbocycles.